The van der Waals surface area contributed by atoms with E-state index in [-0.39, 0.29) is 18.4 Å². The first-order valence-corrected chi connectivity index (χ1v) is 9.98. The summed E-state index contributed by atoms with van der Waals surface area (Å²) in [5, 5.41) is 2.89. The molecule has 1 aliphatic rings. The summed E-state index contributed by atoms with van der Waals surface area (Å²) in [6.45, 7) is 2.47. The molecule has 0 saturated heterocycles. The van der Waals surface area contributed by atoms with E-state index >= 15 is 0 Å². The number of halogens is 1. The van der Waals surface area contributed by atoms with Gasteiger partial charge in [0, 0.05) is 15.7 Å². The summed E-state index contributed by atoms with van der Waals surface area (Å²) in [6, 6.07) is 20.5. The lowest BCUT2D eigenvalue weighted by atomic mass is 10.1. The Balaban J connectivity index is 1.59. The molecule has 1 heterocycles. The van der Waals surface area contributed by atoms with E-state index in [2.05, 4.69) is 21.2 Å². The summed E-state index contributed by atoms with van der Waals surface area (Å²) in [6.07, 6.45) is 0. The molecule has 0 bridgehead atoms. The first-order valence-electron chi connectivity index (χ1n) is 9.19. The summed E-state index contributed by atoms with van der Waals surface area (Å²) >= 11 is 3.36. The summed E-state index contributed by atoms with van der Waals surface area (Å²) in [5.74, 6) is 0.290. The number of amides is 2. The van der Waals surface area contributed by atoms with Crippen LogP contribution in [0.5, 0.6) is 5.75 Å². The van der Waals surface area contributed by atoms with Gasteiger partial charge in [0.05, 0.1) is 12.2 Å². The first kappa shape index (κ1) is 19.2. The van der Waals surface area contributed by atoms with Crippen molar-refractivity contribution >= 4 is 39.1 Å². The predicted octanol–water partition coefficient (Wildman–Crippen LogP) is 4.94. The molecule has 4 rings (SSSR count). The third-order valence-electron chi connectivity index (χ3n) is 4.73. The minimum Gasteiger partial charge on any atom is -0.482 e. The largest absolute Gasteiger partial charge is 0.482 e. The van der Waals surface area contributed by atoms with Crippen LogP contribution in [0.15, 0.2) is 71.2 Å². The van der Waals surface area contributed by atoms with Crippen molar-refractivity contribution < 1.29 is 14.3 Å². The van der Waals surface area contributed by atoms with Gasteiger partial charge < -0.3 is 15.0 Å². The van der Waals surface area contributed by atoms with Gasteiger partial charge >= 0.3 is 0 Å². The number of hydrogen-bond acceptors (Lipinski definition) is 3. The monoisotopic (exact) mass is 450 g/mol. The van der Waals surface area contributed by atoms with Gasteiger partial charge in [0.1, 0.15) is 5.75 Å². The van der Waals surface area contributed by atoms with Gasteiger partial charge in [-0.1, -0.05) is 45.8 Å². The smallest absolute Gasteiger partial charge is 0.265 e. The molecule has 0 atom stereocenters. The van der Waals surface area contributed by atoms with Crippen LogP contribution in [0.25, 0.3) is 0 Å². The molecule has 0 unspecified atom stereocenters. The van der Waals surface area contributed by atoms with Gasteiger partial charge in [0.25, 0.3) is 11.8 Å². The molecular weight excluding hydrogens is 432 g/mol. The highest BCUT2D eigenvalue weighted by Crippen LogP contribution is 2.35. The van der Waals surface area contributed by atoms with E-state index in [1.807, 2.05) is 43.3 Å². The Kier molecular flexibility index (Phi) is 5.36. The molecule has 2 amide bonds. The number of anilines is 2. The van der Waals surface area contributed by atoms with E-state index in [1.165, 1.54) is 5.56 Å². The van der Waals surface area contributed by atoms with Gasteiger partial charge in [-0.2, -0.15) is 0 Å². The topological polar surface area (TPSA) is 58.6 Å². The maximum atomic E-state index is 12.5. The van der Waals surface area contributed by atoms with Crippen molar-refractivity contribution in [2.75, 3.05) is 16.8 Å². The Hall–Kier alpha value is -3.12. The number of carbonyl (C=O) groups is 2. The number of aryl methyl sites for hydroxylation is 1. The second-order valence-electron chi connectivity index (χ2n) is 6.90. The number of nitrogens with one attached hydrogen (secondary N) is 1. The van der Waals surface area contributed by atoms with Crippen molar-refractivity contribution in [3.8, 4) is 5.75 Å². The van der Waals surface area contributed by atoms with Crippen LogP contribution in [0.2, 0.25) is 0 Å². The molecule has 146 valence electrons. The molecular formula is C23H19BrN2O3. The lowest BCUT2D eigenvalue weighted by Crippen LogP contribution is -2.38. The zero-order valence-corrected chi connectivity index (χ0v) is 17.4. The van der Waals surface area contributed by atoms with Crippen LogP contribution in [0, 0.1) is 6.92 Å². The van der Waals surface area contributed by atoms with Crippen molar-refractivity contribution in [1.82, 2.24) is 0 Å². The second kappa shape index (κ2) is 8.09. The lowest BCUT2D eigenvalue weighted by molar-refractivity contribution is -0.121. The zero-order chi connectivity index (χ0) is 20.4. The molecule has 1 N–H and O–H groups in total. The quantitative estimate of drug-likeness (QED) is 0.612. The van der Waals surface area contributed by atoms with Gasteiger partial charge in [-0.25, -0.2) is 0 Å². The average Bonchev–Trinajstić information content (AvgIpc) is 2.72. The molecule has 0 aromatic heterocycles. The number of nitrogens with zero attached hydrogens (tertiary/aromatic N) is 1. The van der Waals surface area contributed by atoms with E-state index < -0.39 is 0 Å². The van der Waals surface area contributed by atoms with E-state index in [4.69, 9.17) is 4.74 Å². The summed E-state index contributed by atoms with van der Waals surface area (Å²) in [4.78, 5) is 26.7. The molecule has 5 nitrogen and oxygen atoms in total. The number of fused-ring (bicyclic) bond motifs is 1. The van der Waals surface area contributed by atoms with Crippen LogP contribution in [-0.4, -0.2) is 18.4 Å². The van der Waals surface area contributed by atoms with E-state index in [0.29, 0.717) is 29.2 Å². The van der Waals surface area contributed by atoms with Crippen LogP contribution >= 0.6 is 15.9 Å². The number of benzene rings is 3. The van der Waals surface area contributed by atoms with Crippen molar-refractivity contribution in [3.05, 3.63) is 87.9 Å². The fourth-order valence-corrected chi connectivity index (χ4v) is 3.40. The van der Waals surface area contributed by atoms with Gasteiger partial charge in [0.15, 0.2) is 6.61 Å². The van der Waals surface area contributed by atoms with Crippen LogP contribution in [0.1, 0.15) is 21.5 Å². The highest BCUT2D eigenvalue weighted by molar-refractivity contribution is 9.10. The highest BCUT2D eigenvalue weighted by atomic mass is 79.9. The third-order valence-corrected chi connectivity index (χ3v) is 5.26. The minimum atomic E-state index is -0.217. The SMILES string of the molecule is Cc1ccc(CN2C(=O)COc3ccc(NC(=O)c4ccc(Br)cc4)cc32)cc1. The number of hydrogen-bond donors (Lipinski definition) is 1. The molecule has 29 heavy (non-hydrogen) atoms. The fourth-order valence-electron chi connectivity index (χ4n) is 3.13. The van der Waals surface area contributed by atoms with Crippen LogP contribution < -0.4 is 15.0 Å². The molecule has 6 heteroatoms. The molecule has 0 spiro atoms. The second-order valence-corrected chi connectivity index (χ2v) is 7.81. The molecule has 0 radical (unpaired) electrons. The highest BCUT2D eigenvalue weighted by Gasteiger charge is 2.26. The van der Waals surface area contributed by atoms with Crippen molar-refractivity contribution in [3.63, 3.8) is 0 Å². The van der Waals surface area contributed by atoms with E-state index in [1.54, 1.807) is 35.2 Å². The van der Waals surface area contributed by atoms with E-state index in [9.17, 15) is 9.59 Å². The molecule has 0 aliphatic carbocycles. The third kappa shape index (κ3) is 4.32. The maximum absolute atomic E-state index is 12.5. The van der Waals surface area contributed by atoms with Crippen LogP contribution in [-0.2, 0) is 11.3 Å². The minimum absolute atomic E-state index is 0.00343. The summed E-state index contributed by atoms with van der Waals surface area (Å²) in [5.41, 5.74) is 4.00. The summed E-state index contributed by atoms with van der Waals surface area (Å²) < 4.78 is 6.48. The Morgan fingerprint density at radius 3 is 2.52 bits per heavy atom. The van der Waals surface area contributed by atoms with Crippen molar-refractivity contribution in [2.45, 2.75) is 13.5 Å². The number of carbonyl (C=O) groups excluding carboxylic acids is 2. The van der Waals surface area contributed by atoms with Crippen molar-refractivity contribution in [1.29, 1.82) is 0 Å². The predicted molar refractivity (Wildman–Crippen MR) is 116 cm³/mol. The van der Waals surface area contributed by atoms with Crippen molar-refractivity contribution in [2.24, 2.45) is 0 Å². The Bertz CT molecular complexity index is 1060. The standard InChI is InChI=1S/C23H19BrN2O3/c1-15-2-4-16(5-3-15)13-26-20-12-19(10-11-21(20)29-14-22(26)27)25-23(28)17-6-8-18(24)9-7-17/h2-12H,13-14H2,1H3,(H,25,28). The Morgan fingerprint density at radius 1 is 1.07 bits per heavy atom. The maximum Gasteiger partial charge on any atom is 0.265 e. The molecule has 3 aromatic rings. The van der Waals surface area contributed by atoms with Gasteiger partial charge in [-0.15, -0.1) is 0 Å². The lowest BCUT2D eigenvalue weighted by Gasteiger charge is -2.30. The summed E-state index contributed by atoms with van der Waals surface area (Å²) in [7, 11) is 0. The van der Waals surface area contributed by atoms with Crippen LogP contribution in [0.4, 0.5) is 11.4 Å². The Labute approximate surface area is 177 Å². The van der Waals surface area contributed by atoms with Gasteiger partial charge in [0.2, 0.25) is 0 Å². The Morgan fingerprint density at radius 2 is 1.79 bits per heavy atom. The number of ether oxygens (including phenoxy) is 1. The molecule has 1 aliphatic heterocycles. The van der Waals surface area contributed by atoms with Crippen LogP contribution in [0.3, 0.4) is 0 Å². The molecule has 0 saturated carbocycles. The molecule has 3 aromatic carbocycles. The van der Waals surface area contributed by atoms with Gasteiger partial charge in [-0.05, 0) is 55.0 Å². The number of rotatable bonds is 4. The van der Waals surface area contributed by atoms with Gasteiger partial charge in [-0.3, -0.25) is 9.59 Å². The van der Waals surface area contributed by atoms with E-state index in [0.717, 1.165) is 10.0 Å². The first-order chi connectivity index (χ1) is 14.0. The zero-order valence-electron chi connectivity index (χ0n) is 15.8. The average molecular weight is 451 g/mol. The molecule has 0 fully saturated rings. The fraction of sp³-hybridized carbons (Fsp3) is 0.130. The normalized spacial score (nSPS) is 12.9.